The molecule has 1 aliphatic heterocycles. The summed E-state index contributed by atoms with van der Waals surface area (Å²) in [5.74, 6) is 1.32. The van der Waals surface area contributed by atoms with E-state index in [2.05, 4.69) is 44.6 Å². The summed E-state index contributed by atoms with van der Waals surface area (Å²) in [6.45, 7) is 1.27. The maximum atomic E-state index is 13.8. The average Bonchev–Trinajstić information content (AvgIpc) is 3.43. The lowest BCUT2D eigenvalue weighted by Crippen LogP contribution is -2.41. The van der Waals surface area contributed by atoms with Gasteiger partial charge in [-0.15, -0.1) is 0 Å². The van der Waals surface area contributed by atoms with Crippen molar-refractivity contribution in [1.82, 2.24) is 24.7 Å². The third-order valence-electron chi connectivity index (χ3n) is 7.47. The van der Waals surface area contributed by atoms with E-state index in [1.807, 2.05) is 30.3 Å². The highest BCUT2D eigenvalue weighted by Crippen LogP contribution is 2.32. The molecule has 4 heterocycles. The molecule has 0 spiro atoms. The number of nitrogens with zero attached hydrogens (tertiary/aromatic N) is 5. The molecule has 1 atom stereocenters. The Bertz CT molecular complexity index is 1710. The predicted octanol–water partition coefficient (Wildman–Crippen LogP) is 3.85. The number of aryl methyl sites for hydroxylation is 1. The summed E-state index contributed by atoms with van der Waals surface area (Å²) >= 11 is 0. The van der Waals surface area contributed by atoms with Gasteiger partial charge in [-0.25, -0.2) is 4.98 Å². The summed E-state index contributed by atoms with van der Waals surface area (Å²) in [5.41, 5.74) is 5.60. The second-order valence-corrected chi connectivity index (χ2v) is 9.82. The van der Waals surface area contributed by atoms with E-state index in [-0.39, 0.29) is 11.7 Å². The first-order valence-electron chi connectivity index (χ1n) is 12.7. The number of rotatable bonds is 4. The average molecular weight is 494 g/mol. The molecule has 0 bridgehead atoms. The Morgan fingerprint density at radius 1 is 1.05 bits per heavy atom. The lowest BCUT2D eigenvalue weighted by Gasteiger charge is -2.33. The summed E-state index contributed by atoms with van der Waals surface area (Å²) in [6.07, 6.45) is 7.55. The maximum absolute atomic E-state index is 13.8. The molecule has 1 aliphatic carbocycles. The number of benzene rings is 2. The van der Waals surface area contributed by atoms with Crippen LogP contribution in [0.25, 0.3) is 27.6 Å². The van der Waals surface area contributed by atoms with Gasteiger partial charge in [0.05, 0.1) is 47.0 Å². The molecule has 0 fully saturated rings. The van der Waals surface area contributed by atoms with Gasteiger partial charge in [0.25, 0.3) is 5.56 Å². The molecule has 2 aromatic carbocycles. The van der Waals surface area contributed by atoms with E-state index >= 15 is 0 Å². The standard InChI is InChI=1S/C28H27N7O2/c1-34-16-18(37-24-12-5-4-10-23(24)34)13-29-28-30-14-20-25-21(15-31-33-25)27(36)35(26(20)32-28)22-11-6-8-17-7-2-3-9-19(17)22/h4-6,8,10-12,14-15,18H,2-3,7,9,13,16H2,1H3,(H,31,33)(H,29,30,32). The normalized spacial score (nSPS) is 16.9. The molecular weight excluding hydrogens is 466 g/mol. The molecule has 5 aromatic rings. The highest BCUT2D eigenvalue weighted by atomic mass is 16.5. The number of aromatic amines is 1. The van der Waals surface area contributed by atoms with Gasteiger partial charge in [-0.3, -0.25) is 14.5 Å². The van der Waals surface area contributed by atoms with Gasteiger partial charge in [-0.1, -0.05) is 24.3 Å². The SMILES string of the molecule is CN1CC(CNc2ncc3c4[nH]ncc4c(=O)n(-c4cccc5c4CCCC5)c3n2)Oc2ccccc21. The summed E-state index contributed by atoms with van der Waals surface area (Å²) in [4.78, 5) is 25.4. The van der Waals surface area contributed by atoms with E-state index < -0.39 is 0 Å². The van der Waals surface area contributed by atoms with E-state index in [1.165, 1.54) is 17.5 Å². The van der Waals surface area contributed by atoms with Crippen LogP contribution < -0.4 is 20.5 Å². The first-order valence-corrected chi connectivity index (χ1v) is 12.7. The molecule has 0 radical (unpaired) electrons. The first kappa shape index (κ1) is 21.8. The van der Waals surface area contributed by atoms with Crippen LogP contribution in [-0.4, -0.2) is 51.0 Å². The number of H-pyrrole nitrogens is 1. The van der Waals surface area contributed by atoms with Crippen LogP contribution >= 0.6 is 0 Å². The van der Waals surface area contributed by atoms with Gasteiger partial charge in [0.1, 0.15) is 11.9 Å². The van der Waals surface area contributed by atoms with Crippen molar-refractivity contribution in [2.75, 3.05) is 30.4 Å². The fraction of sp³-hybridized carbons (Fsp3) is 0.286. The Labute approximate surface area is 213 Å². The number of hydrogen-bond acceptors (Lipinski definition) is 7. The number of pyridine rings is 1. The monoisotopic (exact) mass is 493 g/mol. The lowest BCUT2D eigenvalue weighted by atomic mass is 9.90. The Morgan fingerprint density at radius 2 is 1.92 bits per heavy atom. The van der Waals surface area contributed by atoms with Crippen molar-refractivity contribution in [3.05, 3.63) is 76.3 Å². The van der Waals surface area contributed by atoms with Crippen LogP contribution in [0.15, 0.2) is 59.7 Å². The van der Waals surface area contributed by atoms with E-state index in [0.717, 1.165) is 48.3 Å². The van der Waals surface area contributed by atoms with Gasteiger partial charge >= 0.3 is 0 Å². The van der Waals surface area contributed by atoms with Crippen molar-refractivity contribution >= 4 is 33.6 Å². The third kappa shape index (κ3) is 3.61. The van der Waals surface area contributed by atoms with Crippen LogP contribution in [0.3, 0.4) is 0 Å². The van der Waals surface area contributed by atoms with Crippen molar-refractivity contribution in [3.8, 4) is 11.4 Å². The topological polar surface area (TPSA) is 101 Å². The molecule has 37 heavy (non-hydrogen) atoms. The Morgan fingerprint density at radius 3 is 2.86 bits per heavy atom. The van der Waals surface area contributed by atoms with Crippen molar-refractivity contribution in [3.63, 3.8) is 0 Å². The van der Waals surface area contributed by atoms with E-state index in [9.17, 15) is 4.79 Å². The second kappa shape index (κ2) is 8.62. The molecule has 2 N–H and O–H groups in total. The van der Waals surface area contributed by atoms with Gasteiger partial charge in [0.2, 0.25) is 5.95 Å². The number of para-hydroxylation sites is 2. The quantitative estimate of drug-likeness (QED) is 0.392. The molecule has 0 amide bonds. The summed E-state index contributed by atoms with van der Waals surface area (Å²) < 4.78 is 7.95. The fourth-order valence-electron chi connectivity index (χ4n) is 5.67. The maximum Gasteiger partial charge on any atom is 0.267 e. The number of fused-ring (bicyclic) bond motifs is 5. The Kier molecular flexibility index (Phi) is 5.09. The number of aromatic nitrogens is 5. The zero-order valence-corrected chi connectivity index (χ0v) is 20.6. The third-order valence-corrected chi connectivity index (χ3v) is 7.47. The van der Waals surface area contributed by atoms with Crippen molar-refractivity contribution in [2.45, 2.75) is 31.8 Å². The second-order valence-electron chi connectivity index (χ2n) is 9.82. The van der Waals surface area contributed by atoms with E-state index in [4.69, 9.17) is 9.72 Å². The van der Waals surface area contributed by atoms with Gasteiger partial charge in [-0.05, 0) is 55.0 Å². The van der Waals surface area contributed by atoms with Crippen molar-refractivity contribution in [1.29, 1.82) is 0 Å². The number of likely N-dealkylation sites (N-methyl/N-ethyl adjacent to an activating group) is 1. The zero-order valence-electron chi connectivity index (χ0n) is 20.6. The Balaban J connectivity index is 1.29. The highest BCUT2D eigenvalue weighted by molar-refractivity contribution is 6.02. The largest absolute Gasteiger partial charge is 0.485 e. The van der Waals surface area contributed by atoms with Crippen molar-refractivity contribution < 1.29 is 4.74 Å². The molecule has 0 saturated heterocycles. The first-order chi connectivity index (χ1) is 18.2. The molecule has 0 saturated carbocycles. The number of anilines is 2. The van der Waals surface area contributed by atoms with Gasteiger partial charge in [0, 0.05) is 13.2 Å². The minimum atomic E-state index is -0.131. The molecule has 2 aliphatic rings. The summed E-state index contributed by atoms with van der Waals surface area (Å²) in [7, 11) is 2.07. The van der Waals surface area contributed by atoms with Crippen LogP contribution in [0.1, 0.15) is 24.0 Å². The molecular formula is C28H27N7O2. The minimum Gasteiger partial charge on any atom is -0.485 e. The molecule has 3 aromatic heterocycles. The zero-order chi connectivity index (χ0) is 24.9. The van der Waals surface area contributed by atoms with E-state index in [0.29, 0.717) is 29.0 Å². The Hall–Kier alpha value is -4.40. The van der Waals surface area contributed by atoms with Crippen LogP contribution in [0.2, 0.25) is 0 Å². The number of hydrogen-bond donors (Lipinski definition) is 2. The molecule has 9 heteroatoms. The number of nitrogens with one attached hydrogen (secondary N) is 2. The number of ether oxygens (including phenoxy) is 1. The molecule has 1 unspecified atom stereocenters. The van der Waals surface area contributed by atoms with Crippen LogP contribution in [0.4, 0.5) is 11.6 Å². The highest BCUT2D eigenvalue weighted by Gasteiger charge is 2.24. The molecule has 7 rings (SSSR count). The van der Waals surface area contributed by atoms with Crippen LogP contribution in [0.5, 0.6) is 5.75 Å². The predicted molar refractivity (Wildman–Crippen MR) is 144 cm³/mol. The van der Waals surface area contributed by atoms with Gasteiger partial charge in [0.15, 0.2) is 5.65 Å². The van der Waals surface area contributed by atoms with Gasteiger partial charge in [-0.2, -0.15) is 10.1 Å². The van der Waals surface area contributed by atoms with Gasteiger partial charge < -0.3 is 15.0 Å². The van der Waals surface area contributed by atoms with Crippen LogP contribution in [-0.2, 0) is 12.8 Å². The summed E-state index contributed by atoms with van der Waals surface area (Å²) in [6, 6.07) is 14.3. The molecule has 9 nitrogen and oxygen atoms in total. The lowest BCUT2D eigenvalue weighted by molar-refractivity contribution is 0.208. The minimum absolute atomic E-state index is 0.0716. The summed E-state index contributed by atoms with van der Waals surface area (Å²) in [5, 5.41) is 11.8. The molecule has 186 valence electrons. The van der Waals surface area contributed by atoms with E-state index in [1.54, 1.807) is 17.0 Å². The fourth-order valence-corrected chi connectivity index (χ4v) is 5.67. The van der Waals surface area contributed by atoms with Crippen molar-refractivity contribution in [2.24, 2.45) is 0 Å². The van der Waals surface area contributed by atoms with Crippen LogP contribution in [0, 0.1) is 0 Å². The smallest absolute Gasteiger partial charge is 0.267 e.